The Bertz CT molecular complexity index is 624. The predicted molar refractivity (Wildman–Crippen MR) is 72.8 cm³/mol. The molecule has 1 aromatic rings. The monoisotopic (exact) mass is 339 g/mol. The lowest BCUT2D eigenvalue weighted by atomic mass is 10.1. The van der Waals surface area contributed by atoms with E-state index in [1.165, 1.54) is 13.8 Å². The van der Waals surface area contributed by atoms with Crippen LogP contribution in [0.15, 0.2) is 29.2 Å². The Labute approximate surface area is 126 Å². The molecule has 0 radical (unpaired) electrons. The molecule has 1 aromatic carbocycles. The van der Waals surface area contributed by atoms with E-state index in [1.807, 2.05) is 4.72 Å². The number of alkyl halides is 3. The molecule has 5 nitrogen and oxygen atoms in total. The van der Waals surface area contributed by atoms with Gasteiger partial charge < -0.3 is 5.11 Å². The number of aliphatic carboxylic acids is 1. The second kappa shape index (κ2) is 6.66. The Morgan fingerprint density at radius 3 is 2.09 bits per heavy atom. The van der Waals surface area contributed by atoms with Crippen LogP contribution in [0, 0.1) is 5.92 Å². The molecule has 9 heteroatoms. The minimum absolute atomic E-state index is 0.0786. The quantitative estimate of drug-likeness (QED) is 0.832. The van der Waals surface area contributed by atoms with Crippen molar-refractivity contribution in [3.8, 4) is 0 Å². The minimum Gasteiger partial charge on any atom is -0.480 e. The largest absolute Gasteiger partial charge is 0.480 e. The molecule has 0 aromatic heterocycles. The summed E-state index contributed by atoms with van der Waals surface area (Å²) in [5, 5.41) is 8.97. The molecule has 0 amide bonds. The van der Waals surface area contributed by atoms with E-state index in [1.54, 1.807) is 0 Å². The molecule has 0 saturated carbocycles. The van der Waals surface area contributed by atoms with Crippen LogP contribution in [-0.4, -0.2) is 31.7 Å². The Morgan fingerprint density at radius 1 is 1.23 bits per heavy atom. The molecule has 0 saturated heterocycles. The minimum atomic E-state index is -4.38. The van der Waals surface area contributed by atoms with Gasteiger partial charge in [-0.25, -0.2) is 8.42 Å². The molecule has 0 aliphatic heterocycles. The van der Waals surface area contributed by atoms with Crippen LogP contribution in [0.2, 0.25) is 0 Å². The zero-order chi connectivity index (χ0) is 17.1. The van der Waals surface area contributed by atoms with Crippen molar-refractivity contribution in [3.05, 3.63) is 29.8 Å². The fourth-order valence-electron chi connectivity index (χ4n) is 1.72. The van der Waals surface area contributed by atoms with E-state index in [4.69, 9.17) is 5.11 Å². The summed E-state index contributed by atoms with van der Waals surface area (Å²) in [4.78, 5) is 10.7. The molecule has 0 spiro atoms. The number of sulfonamides is 1. The first-order valence-electron chi connectivity index (χ1n) is 6.33. The van der Waals surface area contributed by atoms with Gasteiger partial charge in [0, 0.05) is 0 Å². The average Bonchev–Trinajstić information content (AvgIpc) is 2.34. The van der Waals surface area contributed by atoms with Gasteiger partial charge in [-0.1, -0.05) is 26.0 Å². The standard InChI is InChI=1S/C13H16F3NO4S/c1-8(2)11(12(18)19)17-22(20,21)10-5-3-9(4-6-10)7-13(14,15)16/h3-6,8,11,17H,7H2,1-2H3,(H,18,19)/t11-/m1/s1. The number of hydrogen-bond donors (Lipinski definition) is 2. The van der Waals surface area contributed by atoms with E-state index < -0.39 is 40.5 Å². The Hall–Kier alpha value is -1.61. The maximum absolute atomic E-state index is 12.2. The highest BCUT2D eigenvalue weighted by Gasteiger charge is 2.29. The number of nitrogens with one attached hydrogen (secondary N) is 1. The van der Waals surface area contributed by atoms with Gasteiger partial charge in [0.15, 0.2) is 0 Å². The summed E-state index contributed by atoms with van der Waals surface area (Å²) in [7, 11) is -4.12. The zero-order valence-corrected chi connectivity index (χ0v) is 12.7. The molecule has 2 N–H and O–H groups in total. The maximum Gasteiger partial charge on any atom is 0.393 e. The number of carboxylic acids is 1. The van der Waals surface area contributed by atoms with Crippen molar-refractivity contribution in [2.24, 2.45) is 5.92 Å². The third-order valence-electron chi connectivity index (χ3n) is 2.85. The number of hydrogen-bond acceptors (Lipinski definition) is 3. The molecule has 0 aliphatic rings. The van der Waals surface area contributed by atoms with Crippen molar-refractivity contribution in [2.75, 3.05) is 0 Å². The molecular weight excluding hydrogens is 323 g/mol. The van der Waals surface area contributed by atoms with Crippen molar-refractivity contribution in [1.82, 2.24) is 4.72 Å². The SMILES string of the molecule is CC(C)[C@@H](NS(=O)(=O)c1ccc(CC(F)(F)F)cc1)C(=O)O. The number of rotatable bonds is 6. The molecule has 1 rings (SSSR count). The van der Waals surface area contributed by atoms with Crippen LogP contribution in [0.3, 0.4) is 0 Å². The summed E-state index contributed by atoms with van der Waals surface area (Å²) in [6, 6.07) is 2.81. The van der Waals surface area contributed by atoms with Gasteiger partial charge in [-0.15, -0.1) is 0 Å². The highest BCUT2D eigenvalue weighted by molar-refractivity contribution is 7.89. The van der Waals surface area contributed by atoms with Gasteiger partial charge in [-0.05, 0) is 23.6 Å². The first-order valence-corrected chi connectivity index (χ1v) is 7.81. The summed E-state index contributed by atoms with van der Waals surface area (Å²) in [6.45, 7) is 3.07. The second-order valence-corrected chi connectivity index (χ2v) is 6.83. The van der Waals surface area contributed by atoms with Crippen molar-refractivity contribution >= 4 is 16.0 Å². The van der Waals surface area contributed by atoms with E-state index in [2.05, 4.69) is 0 Å². The smallest absolute Gasteiger partial charge is 0.393 e. The molecule has 124 valence electrons. The van der Waals surface area contributed by atoms with Gasteiger partial charge in [0.25, 0.3) is 0 Å². The summed E-state index contributed by atoms with van der Waals surface area (Å²) in [5.41, 5.74) is -0.0786. The van der Waals surface area contributed by atoms with Crippen molar-refractivity contribution in [1.29, 1.82) is 0 Å². The third kappa shape index (κ3) is 5.30. The number of benzene rings is 1. The maximum atomic E-state index is 12.2. The molecule has 0 heterocycles. The molecule has 0 fully saturated rings. The number of carbonyl (C=O) groups is 1. The van der Waals surface area contributed by atoms with Crippen LogP contribution in [0.4, 0.5) is 13.2 Å². The van der Waals surface area contributed by atoms with Crippen LogP contribution in [0.5, 0.6) is 0 Å². The van der Waals surface area contributed by atoms with Crippen LogP contribution in [-0.2, 0) is 21.2 Å². The normalized spacial score (nSPS) is 14.1. The van der Waals surface area contributed by atoms with Gasteiger partial charge in [-0.2, -0.15) is 17.9 Å². The van der Waals surface area contributed by atoms with Gasteiger partial charge in [-0.3, -0.25) is 4.79 Å². The van der Waals surface area contributed by atoms with Crippen molar-refractivity contribution in [3.63, 3.8) is 0 Å². The molecular formula is C13H16F3NO4S. The molecule has 22 heavy (non-hydrogen) atoms. The van der Waals surface area contributed by atoms with E-state index in [0.717, 1.165) is 24.3 Å². The predicted octanol–water partition coefficient (Wildman–Crippen LogP) is 2.18. The number of halogens is 3. The van der Waals surface area contributed by atoms with E-state index in [9.17, 15) is 26.4 Å². The first-order chi connectivity index (χ1) is 9.92. The number of carboxylic acid groups (broad SMARTS) is 1. The molecule has 0 bridgehead atoms. The first kappa shape index (κ1) is 18.4. The highest BCUT2D eigenvalue weighted by atomic mass is 32.2. The summed E-state index contributed by atoms with van der Waals surface area (Å²) < 4.78 is 62.8. The van der Waals surface area contributed by atoms with Crippen molar-refractivity contribution in [2.45, 2.75) is 37.4 Å². The lowest BCUT2D eigenvalue weighted by molar-refractivity contribution is -0.140. The van der Waals surface area contributed by atoms with Gasteiger partial charge >= 0.3 is 12.1 Å². The van der Waals surface area contributed by atoms with Gasteiger partial charge in [0.1, 0.15) is 6.04 Å². The molecule has 0 aliphatic carbocycles. The summed E-state index contributed by atoms with van der Waals surface area (Å²) >= 11 is 0. The average molecular weight is 339 g/mol. The zero-order valence-electron chi connectivity index (χ0n) is 11.9. The fraction of sp³-hybridized carbons (Fsp3) is 0.462. The summed E-state index contributed by atoms with van der Waals surface area (Å²) in [5.74, 6) is -1.82. The lowest BCUT2D eigenvalue weighted by Crippen LogP contribution is -2.44. The van der Waals surface area contributed by atoms with Crippen LogP contribution in [0.25, 0.3) is 0 Å². The van der Waals surface area contributed by atoms with Crippen LogP contribution >= 0.6 is 0 Å². The third-order valence-corrected chi connectivity index (χ3v) is 4.31. The van der Waals surface area contributed by atoms with E-state index >= 15 is 0 Å². The lowest BCUT2D eigenvalue weighted by Gasteiger charge is -2.18. The molecule has 1 atom stereocenters. The Morgan fingerprint density at radius 2 is 1.73 bits per heavy atom. The summed E-state index contributed by atoms with van der Waals surface area (Å²) in [6.07, 6.45) is -5.55. The molecule has 0 unspecified atom stereocenters. The van der Waals surface area contributed by atoms with Gasteiger partial charge in [0.2, 0.25) is 10.0 Å². The second-order valence-electron chi connectivity index (χ2n) is 5.12. The fourth-order valence-corrected chi connectivity index (χ4v) is 3.06. The van der Waals surface area contributed by atoms with Crippen molar-refractivity contribution < 1.29 is 31.5 Å². The van der Waals surface area contributed by atoms with Crippen LogP contribution in [0.1, 0.15) is 19.4 Å². The van der Waals surface area contributed by atoms with E-state index in [-0.39, 0.29) is 10.5 Å². The van der Waals surface area contributed by atoms with Gasteiger partial charge in [0.05, 0.1) is 11.3 Å². The topological polar surface area (TPSA) is 83.5 Å². The van der Waals surface area contributed by atoms with Crippen LogP contribution < -0.4 is 4.72 Å². The Balaban J connectivity index is 2.96. The Kier molecular flexibility index (Phi) is 5.58. The van der Waals surface area contributed by atoms with E-state index in [0.29, 0.717) is 0 Å². The highest BCUT2D eigenvalue weighted by Crippen LogP contribution is 2.22.